The van der Waals surface area contributed by atoms with Crippen LogP contribution in [0.4, 0.5) is 17.1 Å². The Morgan fingerprint density at radius 3 is 1.75 bits per heavy atom. The standard InChI is InChI=1S/C53H35NO/c1-4-16-38(17-5-1)53(39-18-6-2-7-19-39)48-25-13-12-23-45(48)46-34-32-42(35-49(46)53)54(40-20-8-3-9-21-40)41-30-27-37(28-31-41)43-24-14-26-50-51(43)47-33-29-36-15-10-11-22-44(36)52(47)55-50/h1-35H. The molecule has 0 atom stereocenters. The second-order valence-corrected chi connectivity index (χ2v) is 14.4. The number of rotatable bonds is 6. The minimum Gasteiger partial charge on any atom is -0.455 e. The third-order valence-electron chi connectivity index (χ3n) is 11.5. The van der Waals surface area contributed by atoms with Gasteiger partial charge in [-0.2, -0.15) is 0 Å². The molecule has 2 heteroatoms. The van der Waals surface area contributed by atoms with Crippen LogP contribution >= 0.6 is 0 Å². The molecule has 0 radical (unpaired) electrons. The summed E-state index contributed by atoms with van der Waals surface area (Å²) in [5.74, 6) is 0. The van der Waals surface area contributed by atoms with Gasteiger partial charge in [0.1, 0.15) is 11.2 Å². The summed E-state index contributed by atoms with van der Waals surface area (Å²) in [6.07, 6.45) is 0. The van der Waals surface area contributed by atoms with Gasteiger partial charge in [0.15, 0.2) is 0 Å². The zero-order valence-corrected chi connectivity index (χ0v) is 30.1. The number of anilines is 3. The topological polar surface area (TPSA) is 16.4 Å². The molecule has 0 amide bonds. The maximum atomic E-state index is 6.54. The molecule has 0 unspecified atom stereocenters. The molecule has 0 saturated carbocycles. The molecule has 0 bridgehead atoms. The van der Waals surface area contributed by atoms with E-state index in [1.165, 1.54) is 38.8 Å². The zero-order chi connectivity index (χ0) is 36.3. The van der Waals surface area contributed by atoms with E-state index in [1.807, 2.05) is 0 Å². The third-order valence-corrected chi connectivity index (χ3v) is 11.5. The Kier molecular flexibility index (Phi) is 7.11. The van der Waals surface area contributed by atoms with Crippen molar-refractivity contribution in [2.75, 3.05) is 4.90 Å². The van der Waals surface area contributed by atoms with Crippen molar-refractivity contribution < 1.29 is 4.42 Å². The van der Waals surface area contributed by atoms with Crippen LogP contribution in [0.5, 0.6) is 0 Å². The van der Waals surface area contributed by atoms with Gasteiger partial charge in [-0.25, -0.2) is 0 Å². The number of para-hydroxylation sites is 1. The fourth-order valence-corrected chi connectivity index (χ4v) is 9.18. The summed E-state index contributed by atoms with van der Waals surface area (Å²) >= 11 is 0. The molecule has 0 spiro atoms. The molecule has 1 aliphatic carbocycles. The molecule has 258 valence electrons. The van der Waals surface area contributed by atoms with Crippen molar-refractivity contribution >= 4 is 49.8 Å². The van der Waals surface area contributed by atoms with Crippen molar-refractivity contribution in [1.82, 2.24) is 0 Å². The van der Waals surface area contributed by atoms with Crippen LogP contribution < -0.4 is 4.90 Å². The summed E-state index contributed by atoms with van der Waals surface area (Å²) in [5, 5.41) is 4.60. The van der Waals surface area contributed by atoms with Crippen molar-refractivity contribution in [1.29, 1.82) is 0 Å². The van der Waals surface area contributed by atoms with Crippen molar-refractivity contribution in [2.24, 2.45) is 0 Å². The summed E-state index contributed by atoms with van der Waals surface area (Å²) in [6.45, 7) is 0. The lowest BCUT2D eigenvalue weighted by Crippen LogP contribution is -2.28. The van der Waals surface area contributed by atoms with Crippen LogP contribution in [0.1, 0.15) is 22.3 Å². The molecule has 0 fully saturated rings. The molecule has 0 aliphatic heterocycles. The molecule has 55 heavy (non-hydrogen) atoms. The van der Waals surface area contributed by atoms with Gasteiger partial charge < -0.3 is 9.32 Å². The predicted octanol–water partition coefficient (Wildman–Crippen LogP) is 14.2. The van der Waals surface area contributed by atoms with E-state index >= 15 is 0 Å². The summed E-state index contributed by atoms with van der Waals surface area (Å²) in [7, 11) is 0. The second-order valence-electron chi connectivity index (χ2n) is 14.4. The highest BCUT2D eigenvalue weighted by Gasteiger charge is 2.46. The van der Waals surface area contributed by atoms with Gasteiger partial charge >= 0.3 is 0 Å². The second kappa shape index (κ2) is 12.5. The highest BCUT2D eigenvalue weighted by Crippen LogP contribution is 2.57. The van der Waals surface area contributed by atoms with Crippen LogP contribution in [0.25, 0.3) is 55.0 Å². The van der Waals surface area contributed by atoms with Gasteiger partial charge in [-0.1, -0.05) is 164 Å². The molecule has 1 heterocycles. The Hall–Kier alpha value is -7.16. The van der Waals surface area contributed by atoms with E-state index in [1.54, 1.807) is 0 Å². The quantitative estimate of drug-likeness (QED) is 0.172. The molecule has 1 aromatic heterocycles. The number of benzene rings is 9. The average molecular weight is 702 g/mol. The SMILES string of the molecule is c1ccc(N(c2ccc(-c3cccc4oc5c6ccccc6ccc5c34)cc2)c2ccc3c(c2)C(c2ccccc2)(c2ccccc2)c2ccccc2-3)cc1. The van der Waals surface area contributed by atoms with E-state index in [0.29, 0.717) is 0 Å². The third kappa shape index (κ3) is 4.75. The van der Waals surface area contributed by atoms with E-state index in [2.05, 4.69) is 217 Å². The molecule has 11 rings (SSSR count). The summed E-state index contributed by atoms with van der Waals surface area (Å²) < 4.78 is 6.54. The van der Waals surface area contributed by atoms with E-state index in [0.717, 1.165) is 55.5 Å². The molecule has 1 aliphatic rings. The summed E-state index contributed by atoms with van der Waals surface area (Å²) in [4.78, 5) is 2.38. The maximum Gasteiger partial charge on any atom is 0.143 e. The van der Waals surface area contributed by atoms with Crippen LogP contribution in [0.2, 0.25) is 0 Å². The van der Waals surface area contributed by atoms with Gasteiger partial charge in [0.25, 0.3) is 0 Å². The molecule has 0 N–H and O–H groups in total. The largest absolute Gasteiger partial charge is 0.455 e. The lowest BCUT2D eigenvalue weighted by atomic mass is 9.67. The number of furan rings is 1. The molecule has 0 saturated heterocycles. The molecule has 2 nitrogen and oxygen atoms in total. The lowest BCUT2D eigenvalue weighted by molar-refractivity contribution is 0.673. The molecule has 9 aromatic carbocycles. The number of hydrogen-bond acceptors (Lipinski definition) is 2. The zero-order valence-electron chi connectivity index (χ0n) is 30.1. The smallest absolute Gasteiger partial charge is 0.143 e. The maximum absolute atomic E-state index is 6.54. The number of nitrogens with zero attached hydrogens (tertiary/aromatic N) is 1. The van der Waals surface area contributed by atoms with Crippen molar-refractivity contribution in [3.05, 3.63) is 235 Å². The van der Waals surface area contributed by atoms with Crippen molar-refractivity contribution in [3.8, 4) is 22.3 Å². The first-order chi connectivity index (χ1) is 27.3. The molecular weight excluding hydrogens is 667 g/mol. The van der Waals surface area contributed by atoms with Crippen LogP contribution in [0.15, 0.2) is 217 Å². The van der Waals surface area contributed by atoms with Gasteiger partial charge in [0.2, 0.25) is 0 Å². The van der Waals surface area contributed by atoms with E-state index in [4.69, 9.17) is 4.42 Å². The monoisotopic (exact) mass is 701 g/mol. The van der Waals surface area contributed by atoms with E-state index < -0.39 is 5.41 Å². The minimum absolute atomic E-state index is 0.478. The Bertz CT molecular complexity index is 2980. The van der Waals surface area contributed by atoms with E-state index in [9.17, 15) is 0 Å². The molecular formula is C53H35NO. The lowest BCUT2D eigenvalue weighted by Gasteiger charge is -2.35. The van der Waals surface area contributed by atoms with Crippen molar-refractivity contribution in [2.45, 2.75) is 5.41 Å². The normalized spacial score (nSPS) is 12.9. The first-order valence-electron chi connectivity index (χ1n) is 18.9. The van der Waals surface area contributed by atoms with Gasteiger partial charge in [0, 0.05) is 33.2 Å². The van der Waals surface area contributed by atoms with Crippen LogP contribution in [-0.4, -0.2) is 0 Å². The predicted molar refractivity (Wildman–Crippen MR) is 229 cm³/mol. The van der Waals surface area contributed by atoms with Crippen LogP contribution in [0.3, 0.4) is 0 Å². The fourth-order valence-electron chi connectivity index (χ4n) is 9.18. The average Bonchev–Trinajstić information content (AvgIpc) is 3.79. The Labute approximate surface area is 320 Å². The first kappa shape index (κ1) is 31.4. The summed E-state index contributed by atoms with van der Waals surface area (Å²) in [6, 6.07) is 76.9. The Balaban J connectivity index is 1.09. The number of fused-ring (bicyclic) bond motifs is 8. The Morgan fingerprint density at radius 1 is 0.382 bits per heavy atom. The molecule has 10 aromatic rings. The van der Waals surface area contributed by atoms with Crippen molar-refractivity contribution in [3.63, 3.8) is 0 Å². The van der Waals surface area contributed by atoms with Gasteiger partial charge in [-0.05, 0) is 98.4 Å². The van der Waals surface area contributed by atoms with Crippen LogP contribution in [0, 0.1) is 0 Å². The van der Waals surface area contributed by atoms with Gasteiger partial charge in [0.05, 0.1) is 5.41 Å². The fraction of sp³-hybridized carbons (Fsp3) is 0.0189. The number of hydrogen-bond donors (Lipinski definition) is 0. The highest BCUT2D eigenvalue weighted by molar-refractivity contribution is 6.19. The minimum atomic E-state index is -0.478. The van der Waals surface area contributed by atoms with Gasteiger partial charge in [-0.15, -0.1) is 0 Å². The van der Waals surface area contributed by atoms with E-state index in [-0.39, 0.29) is 0 Å². The van der Waals surface area contributed by atoms with Crippen LogP contribution in [-0.2, 0) is 5.41 Å². The Morgan fingerprint density at radius 2 is 0.982 bits per heavy atom. The van der Waals surface area contributed by atoms with Gasteiger partial charge in [-0.3, -0.25) is 0 Å². The highest BCUT2D eigenvalue weighted by atomic mass is 16.3. The summed E-state index contributed by atoms with van der Waals surface area (Å²) in [5.41, 5.74) is 14.6. The first-order valence-corrected chi connectivity index (χ1v) is 18.9.